The zero-order valence-electron chi connectivity index (χ0n) is 9.19. The topological polar surface area (TPSA) is 41.1 Å². The van der Waals surface area contributed by atoms with Crippen LogP contribution in [-0.2, 0) is 0 Å². The first-order valence-electron chi connectivity index (χ1n) is 5.18. The van der Waals surface area contributed by atoms with Gasteiger partial charge in [-0.2, -0.15) is 0 Å². The Labute approximate surface area is 107 Å². The van der Waals surface area contributed by atoms with E-state index in [2.05, 4.69) is 27.2 Å². The van der Waals surface area contributed by atoms with Gasteiger partial charge in [0.15, 0.2) is 0 Å². The molecule has 90 valence electrons. The molecule has 6 heteroatoms. The Kier molecular flexibility index (Phi) is 5.25. The molecule has 0 aliphatic carbocycles. The summed E-state index contributed by atoms with van der Waals surface area (Å²) >= 11 is 5.84. The molecule has 4 nitrogen and oxygen atoms in total. The third kappa shape index (κ3) is 3.20. The van der Waals surface area contributed by atoms with Gasteiger partial charge in [-0.15, -0.1) is 12.4 Å². The van der Waals surface area contributed by atoms with Crippen LogP contribution >= 0.6 is 24.0 Å². The van der Waals surface area contributed by atoms with Crippen molar-refractivity contribution in [2.45, 2.75) is 18.9 Å². The first kappa shape index (κ1) is 13.5. The van der Waals surface area contributed by atoms with Gasteiger partial charge in [-0.25, -0.2) is 9.97 Å². The fourth-order valence-electron chi connectivity index (χ4n) is 1.90. The standard InChI is InChI=1S/C10H15ClN4.ClH/c1-15(8-2-4-12-5-3-8)10-6-9(11)13-7-14-10;/h6-8,12H,2-5H2,1H3;1H. The summed E-state index contributed by atoms with van der Waals surface area (Å²) in [5.74, 6) is 0.905. The summed E-state index contributed by atoms with van der Waals surface area (Å²) in [6, 6.07) is 2.36. The second kappa shape index (κ2) is 6.23. The van der Waals surface area contributed by atoms with Crippen molar-refractivity contribution >= 4 is 29.8 Å². The minimum atomic E-state index is 0. The molecule has 0 atom stereocenters. The van der Waals surface area contributed by atoms with E-state index in [-0.39, 0.29) is 12.4 Å². The van der Waals surface area contributed by atoms with Crippen molar-refractivity contribution in [3.05, 3.63) is 17.5 Å². The molecule has 0 bridgehead atoms. The zero-order chi connectivity index (χ0) is 10.7. The predicted octanol–water partition coefficient (Wildman–Crippen LogP) is 1.74. The van der Waals surface area contributed by atoms with Gasteiger partial charge in [-0.1, -0.05) is 11.6 Å². The van der Waals surface area contributed by atoms with Crippen molar-refractivity contribution in [1.82, 2.24) is 15.3 Å². The predicted molar refractivity (Wildman–Crippen MR) is 68.6 cm³/mol. The second-order valence-electron chi connectivity index (χ2n) is 3.79. The highest BCUT2D eigenvalue weighted by Crippen LogP contribution is 2.19. The van der Waals surface area contributed by atoms with E-state index in [9.17, 15) is 0 Å². The van der Waals surface area contributed by atoms with E-state index >= 15 is 0 Å². The number of hydrogen-bond donors (Lipinski definition) is 1. The number of nitrogens with one attached hydrogen (secondary N) is 1. The molecule has 1 fully saturated rings. The molecule has 1 aliphatic rings. The van der Waals surface area contributed by atoms with Crippen LogP contribution < -0.4 is 10.2 Å². The second-order valence-corrected chi connectivity index (χ2v) is 4.18. The van der Waals surface area contributed by atoms with E-state index in [1.165, 1.54) is 6.33 Å². The molecular weight excluding hydrogens is 247 g/mol. The smallest absolute Gasteiger partial charge is 0.134 e. The number of nitrogens with zero attached hydrogens (tertiary/aromatic N) is 3. The molecule has 16 heavy (non-hydrogen) atoms. The SMILES string of the molecule is CN(c1cc(Cl)ncn1)C1CCNCC1.Cl. The highest BCUT2D eigenvalue weighted by atomic mass is 35.5. The van der Waals surface area contributed by atoms with E-state index in [0.29, 0.717) is 11.2 Å². The van der Waals surface area contributed by atoms with Gasteiger partial charge in [0.05, 0.1) is 0 Å². The van der Waals surface area contributed by atoms with Gasteiger partial charge in [0.2, 0.25) is 0 Å². The molecule has 1 aromatic rings. The maximum Gasteiger partial charge on any atom is 0.134 e. The van der Waals surface area contributed by atoms with Crippen LogP contribution in [0.1, 0.15) is 12.8 Å². The largest absolute Gasteiger partial charge is 0.356 e. The lowest BCUT2D eigenvalue weighted by Crippen LogP contribution is -2.41. The molecule has 0 radical (unpaired) electrons. The van der Waals surface area contributed by atoms with Gasteiger partial charge in [-0.3, -0.25) is 0 Å². The fourth-order valence-corrected chi connectivity index (χ4v) is 2.04. The lowest BCUT2D eigenvalue weighted by molar-refractivity contribution is 0.441. The van der Waals surface area contributed by atoms with Crippen LogP contribution in [0.2, 0.25) is 5.15 Å². The van der Waals surface area contributed by atoms with Gasteiger partial charge < -0.3 is 10.2 Å². The third-order valence-corrected chi connectivity index (χ3v) is 3.04. The van der Waals surface area contributed by atoms with E-state index < -0.39 is 0 Å². The molecule has 1 N–H and O–H groups in total. The number of aromatic nitrogens is 2. The summed E-state index contributed by atoms with van der Waals surface area (Å²) in [7, 11) is 2.06. The van der Waals surface area contributed by atoms with Crippen LogP contribution in [0.4, 0.5) is 5.82 Å². The Morgan fingerprint density at radius 3 is 2.69 bits per heavy atom. The molecule has 1 saturated heterocycles. The summed E-state index contributed by atoms with van der Waals surface area (Å²) < 4.78 is 0. The van der Waals surface area contributed by atoms with Crippen LogP contribution in [0.25, 0.3) is 0 Å². The number of piperidine rings is 1. The summed E-state index contributed by atoms with van der Waals surface area (Å²) in [5, 5.41) is 3.85. The lowest BCUT2D eigenvalue weighted by atomic mass is 10.1. The maximum absolute atomic E-state index is 5.84. The minimum absolute atomic E-state index is 0. The molecule has 0 unspecified atom stereocenters. The van der Waals surface area contributed by atoms with Crippen molar-refractivity contribution in [1.29, 1.82) is 0 Å². The highest BCUT2D eigenvalue weighted by molar-refractivity contribution is 6.29. The summed E-state index contributed by atoms with van der Waals surface area (Å²) in [5.41, 5.74) is 0. The van der Waals surface area contributed by atoms with E-state index in [4.69, 9.17) is 11.6 Å². The third-order valence-electron chi connectivity index (χ3n) is 2.84. The molecule has 0 spiro atoms. The quantitative estimate of drug-likeness (QED) is 0.825. The fraction of sp³-hybridized carbons (Fsp3) is 0.600. The van der Waals surface area contributed by atoms with Gasteiger partial charge in [0.25, 0.3) is 0 Å². The zero-order valence-corrected chi connectivity index (χ0v) is 10.8. The van der Waals surface area contributed by atoms with Crippen molar-refractivity contribution in [2.24, 2.45) is 0 Å². The van der Waals surface area contributed by atoms with Crippen molar-refractivity contribution in [3.63, 3.8) is 0 Å². The van der Waals surface area contributed by atoms with Crippen molar-refractivity contribution < 1.29 is 0 Å². The van der Waals surface area contributed by atoms with Crippen molar-refractivity contribution in [3.8, 4) is 0 Å². The first-order chi connectivity index (χ1) is 7.27. The monoisotopic (exact) mass is 262 g/mol. The molecule has 0 amide bonds. The molecule has 2 heterocycles. The minimum Gasteiger partial charge on any atom is -0.356 e. The Bertz CT molecular complexity index is 328. The van der Waals surface area contributed by atoms with Crippen LogP contribution in [0.5, 0.6) is 0 Å². The summed E-state index contributed by atoms with van der Waals surface area (Å²) in [4.78, 5) is 10.3. The molecular formula is C10H16Cl2N4. The summed E-state index contributed by atoms with van der Waals surface area (Å²) in [6.45, 7) is 2.15. The number of anilines is 1. The van der Waals surface area contributed by atoms with E-state index in [0.717, 1.165) is 31.7 Å². The van der Waals surface area contributed by atoms with Crippen LogP contribution in [0.15, 0.2) is 12.4 Å². The maximum atomic E-state index is 5.84. The molecule has 1 aliphatic heterocycles. The molecule has 0 aromatic carbocycles. The number of rotatable bonds is 2. The van der Waals surface area contributed by atoms with Crippen LogP contribution in [-0.4, -0.2) is 36.1 Å². The normalized spacial score (nSPS) is 16.6. The van der Waals surface area contributed by atoms with E-state index in [1.54, 1.807) is 0 Å². The Morgan fingerprint density at radius 1 is 1.38 bits per heavy atom. The molecule has 1 aromatic heterocycles. The Balaban J connectivity index is 0.00000128. The number of halogens is 2. The number of hydrogen-bond acceptors (Lipinski definition) is 4. The molecule has 0 saturated carbocycles. The summed E-state index contributed by atoms with van der Waals surface area (Å²) in [6.07, 6.45) is 3.81. The average molecular weight is 263 g/mol. The van der Waals surface area contributed by atoms with Crippen molar-refractivity contribution in [2.75, 3.05) is 25.0 Å². The van der Waals surface area contributed by atoms with Crippen LogP contribution in [0.3, 0.4) is 0 Å². The molecule has 2 rings (SSSR count). The average Bonchev–Trinajstić information content (AvgIpc) is 2.29. The van der Waals surface area contributed by atoms with Gasteiger partial charge in [-0.05, 0) is 25.9 Å². The first-order valence-corrected chi connectivity index (χ1v) is 5.56. The van der Waals surface area contributed by atoms with Crippen LogP contribution in [0, 0.1) is 0 Å². The van der Waals surface area contributed by atoms with Gasteiger partial charge in [0.1, 0.15) is 17.3 Å². The highest BCUT2D eigenvalue weighted by Gasteiger charge is 2.18. The lowest BCUT2D eigenvalue weighted by Gasteiger charge is -2.32. The van der Waals surface area contributed by atoms with E-state index in [1.807, 2.05) is 6.07 Å². The van der Waals surface area contributed by atoms with Gasteiger partial charge in [0, 0.05) is 19.2 Å². The Hall–Kier alpha value is -0.580. The van der Waals surface area contributed by atoms with Gasteiger partial charge >= 0.3 is 0 Å². The Morgan fingerprint density at radius 2 is 2.06 bits per heavy atom.